The summed E-state index contributed by atoms with van der Waals surface area (Å²) in [4.78, 5) is 0. The van der Waals surface area contributed by atoms with Gasteiger partial charge in [-0.2, -0.15) is 0 Å². The van der Waals surface area contributed by atoms with Crippen molar-refractivity contribution < 1.29 is 9.47 Å². The summed E-state index contributed by atoms with van der Waals surface area (Å²) in [7, 11) is 3.46. The molecular formula is C15H23NO2. The number of methoxy groups -OCH3 is 2. The van der Waals surface area contributed by atoms with Crippen LogP contribution in [0.25, 0.3) is 0 Å². The van der Waals surface area contributed by atoms with Crippen molar-refractivity contribution in [1.82, 2.24) is 5.32 Å². The van der Waals surface area contributed by atoms with Crippen LogP contribution in [0.15, 0.2) is 30.3 Å². The Kier molecular flexibility index (Phi) is 4.38. The molecule has 0 aromatic heterocycles. The molecule has 0 saturated carbocycles. The van der Waals surface area contributed by atoms with Crippen LogP contribution in [-0.2, 0) is 9.47 Å². The molecule has 1 aliphatic rings. The highest BCUT2D eigenvalue weighted by Gasteiger charge is 2.44. The van der Waals surface area contributed by atoms with Crippen LogP contribution >= 0.6 is 0 Å². The molecule has 3 heteroatoms. The van der Waals surface area contributed by atoms with Crippen LogP contribution < -0.4 is 5.32 Å². The van der Waals surface area contributed by atoms with E-state index in [-0.39, 0.29) is 6.04 Å². The summed E-state index contributed by atoms with van der Waals surface area (Å²) >= 11 is 0. The quantitative estimate of drug-likeness (QED) is 0.832. The SMILES string of the molecule is CC[C@H]1CCC(OC)(OC)[C@H](c2ccccc2)N1. The first-order valence-corrected chi connectivity index (χ1v) is 6.67. The van der Waals surface area contributed by atoms with E-state index >= 15 is 0 Å². The third-order valence-corrected chi connectivity index (χ3v) is 4.00. The fourth-order valence-corrected chi connectivity index (χ4v) is 2.81. The van der Waals surface area contributed by atoms with Crippen molar-refractivity contribution in [2.45, 2.75) is 44.1 Å². The average Bonchev–Trinajstić information content (AvgIpc) is 2.47. The van der Waals surface area contributed by atoms with Gasteiger partial charge in [-0.3, -0.25) is 0 Å². The highest BCUT2D eigenvalue weighted by Crippen LogP contribution is 2.38. The van der Waals surface area contributed by atoms with E-state index in [2.05, 4.69) is 36.5 Å². The Bertz CT molecular complexity index is 362. The van der Waals surface area contributed by atoms with Gasteiger partial charge in [0.15, 0.2) is 5.79 Å². The van der Waals surface area contributed by atoms with Gasteiger partial charge in [-0.25, -0.2) is 0 Å². The molecule has 0 radical (unpaired) electrons. The van der Waals surface area contributed by atoms with Gasteiger partial charge in [0.25, 0.3) is 0 Å². The number of benzene rings is 1. The number of nitrogens with one attached hydrogen (secondary N) is 1. The molecule has 1 heterocycles. The molecule has 2 atom stereocenters. The zero-order valence-corrected chi connectivity index (χ0v) is 11.5. The van der Waals surface area contributed by atoms with Crippen LogP contribution in [0.3, 0.4) is 0 Å². The van der Waals surface area contributed by atoms with Crippen molar-refractivity contribution in [3.8, 4) is 0 Å². The minimum atomic E-state index is -0.549. The smallest absolute Gasteiger partial charge is 0.187 e. The first kappa shape index (κ1) is 13.5. The predicted octanol–water partition coefficient (Wildman–Crippen LogP) is 2.88. The minimum absolute atomic E-state index is 0.0902. The Labute approximate surface area is 109 Å². The van der Waals surface area contributed by atoms with Crippen molar-refractivity contribution in [1.29, 1.82) is 0 Å². The molecule has 1 saturated heterocycles. The predicted molar refractivity (Wildman–Crippen MR) is 72.4 cm³/mol. The number of hydrogen-bond acceptors (Lipinski definition) is 3. The Morgan fingerprint density at radius 3 is 2.44 bits per heavy atom. The lowest BCUT2D eigenvalue weighted by atomic mass is 9.86. The second-order valence-corrected chi connectivity index (χ2v) is 4.87. The standard InChI is InChI=1S/C15H23NO2/c1-4-13-10-11-15(17-2,18-3)14(16-13)12-8-6-5-7-9-12/h5-9,13-14,16H,4,10-11H2,1-3H3/t13-,14-/m0/s1. The lowest BCUT2D eigenvalue weighted by Gasteiger charge is -2.45. The molecule has 1 aromatic carbocycles. The molecule has 2 rings (SSSR count). The lowest BCUT2D eigenvalue weighted by molar-refractivity contribution is -0.243. The monoisotopic (exact) mass is 249 g/mol. The molecule has 0 aliphatic carbocycles. The van der Waals surface area contributed by atoms with E-state index in [9.17, 15) is 0 Å². The van der Waals surface area contributed by atoms with Gasteiger partial charge in [0.1, 0.15) is 0 Å². The Morgan fingerprint density at radius 1 is 1.22 bits per heavy atom. The number of piperidine rings is 1. The topological polar surface area (TPSA) is 30.5 Å². The zero-order valence-electron chi connectivity index (χ0n) is 11.5. The normalized spacial score (nSPS) is 27.1. The number of rotatable bonds is 4. The van der Waals surface area contributed by atoms with Gasteiger partial charge in [-0.1, -0.05) is 37.3 Å². The Hall–Kier alpha value is -0.900. The van der Waals surface area contributed by atoms with Crippen molar-refractivity contribution in [3.05, 3.63) is 35.9 Å². The van der Waals surface area contributed by atoms with E-state index in [0.717, 1.165) is 19.3 Å². The van der Waals surface area contributed by atoms with Crippen LogP contribution in [0, 0.1) is 0 Å². The van der Waals surface area contributed by atoms with Gasteiger partial charge >= 0.3 is 0 Å². The van der Waals surface area contributed by atoms with Gasteiger partial charge in [0.2, 0.25) is 0 Å². The fourth-order valence-electron chi connectivity index (χ4n) is 2.81. The summed E-state index contributed by atoms with van der Waals surface area (Å²) in [6, 6.07) is 11.0. The molecule has 3 nitrogen and oxygen atoms in total. The fraction of sp³-hybridized carbons (Fsp3) is 0.600. The van der Waals surface area contributed by atoms with Gasteiger partial charge in [0, 0.05) is 26.7 Å². The third-order valence-electron chi connectivity index (χ3n) is 4.00. The Morgan fingerprint density at radius 2 is 1.89 bits per heavy atom. The molecule has 1 aromatic rings. The lowest BCUT2D eigenvalue weighted by Crippen LogP contribution is -2.54. The second-order valence-electron chi connectivity index (χ2n) is 4.87. The summed E-state index contributed by atoms with van der Waals surface area (Å²) in [5.41, 5.74) is 1.22. The molecule has 1 N–H and O–H groups in total. The van der Waals surface area contributed by atoms with Crippen molar-refractivity contribution >= 4 is 0 Å². The van der Waals surface area contributed by atoms with E-state index in [4.69, 9.17) is 9.47 Å². The van der Waals surface area contributed by atoms with Crippen molar-refractivity contribution in [2.24, 2.45) is 0 Å². The van der Waals surface area contributed by atoms with Crippen molar-refractivity contribution in [3.63, 3.8) is 0 Å². The molecule has 0 amide bonds. The molecule has 0 unspecified atom stereocenters. The largest absolute Gasteiger partial charge is 0.351 e. The van der Waals surface area contributed by atoms with Gasteiger partial charge in [-0.05, 0) is 18.4 Å². The second kappa shape index (κ2) is 5.83. The zero-order chi connectivity index (χ0) is 13.0. The van der Waals surface area contributed by atoms with E-state index in [1.165, 1.54) is 5.56 Å². The van der Waals surface area contributed by atoms with E-state index in [1.54, 1.807) is 14.2 Å². The number of hydrogen-bond donors (Lipinski definition) is 1. The maximum absolute atomic E-state index is 5.70. The summed E-state index contributed by atoms with van der Waals surface area (Å²) in [5, 5.41) is 3.66. The summed E-state index contributed by atoms with van der Waals surface area (Å²) < 4.78 is 11.4. The summed E-state index contributed by atoms with van der Waals surface area (Å²) in [6.45, 7) is 2.21. The van der Waals surface area contributed by atoms with E-state index in [1.807, 2.05) is 6.07 Å². The first-order chi connectivity index (χ1) is 8.75. The molecule has 18 heavy (non-hydrogen) atoms. The van der Waals surface area contributed by atoms with Crippen LogP contribution in [-0.4, -0.2) is 26.0 Å². The van der Waals surface area contributed by atoms with Crippen LogP contribution in [0.4, 0.5) is 0 Å². The molecule has 100 valence electrons. The minimum Gasteiger partial charge on any atom is -0.351 e. The average molecular weight is 249 g/mol. The van der Waals surface area contributed by atoms with Gasteiger partial charge < -0.3 is 14.8 Å². The van der Waals surface area contributed by atoms with Crippen LogP contribution in [0.1, 0.15) is 37.8 Å². The maximum atomic E-state index is 5.70. The third kappa shape index (κ3) is 2.44. The molecule has 0 spiro atoms. The summed E-state index contributed by atoms with van der Waals surface area (Å²) in [6.07, 6.45) is 3.14. The molecular weight excluding hydrogens is 226 g/mol. The molecule has 0 bridgehead atoms. The van der Waals surface area contributed by atoms with Gasteiger partial charge in [0.05, 0.1) is 6.04 Å². The van der Waals surface area contributed by atoms with E-state index in [0.29, 0.717) is 6.04 Å². The maximum Gasteiger partial charge on any atom is 0.187 e. The highest BCUT2D eigenvalue weighted by atomic mass is 16.7. The van der Waals surface area contributed by atoms with Crippen LogP contribution in [0.5, 0.6) is 0 Å². The Balaban J connectivity index is 2.30. The van der Waals surface area contributed by atoms with Gasteiger partial charge in [-0.15, -0.1) is 0 Å². The molecule has 1 aliphatic heterocycles. The molecule has 1 fully saturated rings. The van der Waals surface area contributed by atoms with Crippen molar-refractivity contribution in [2.75, 3.05) is 14.2 Å². The first-order valence-electron chi connectivity index (χ1n) is 6.67. The highest BCUT2D eigenvalue weighted by molar-refractivity contribution is 5.22. The van der Waals surface area contributed by atoms with Crippen LogP contribution in [0.2, 0.25) is 0 Å². The van der Waals surface area contributed by atoms with E-state index < -0.39 is 5.79 Å². The number of ether oxygens (including phenoxy) is 2. The summed E-state index contributed by atoms with van der Waals surface area (Å²) in [5.74, 6) is -0.549.